The van der Waals surface area contributed by atoms with E-state index in [9.17, 15) is 0 Å². The normalized spacial score (nSPS) is 31.2. The van der Waals surface area contributed by atoms with Crippen LogP contribution < -0.4 is 5.32 Å². The molecule has 2 fully saturated rings. The van der Waals surface area contributed by atoms with Crippen molar-refractivity contribution in [3.8, 4) is 0 Å². The zero-order valence-corrected chi connectivity index (χ0v) is 11.6. The van der Waals surface area contributed by atoms with E-state index in [1.54, 1.807) is 0 Å². The lowest BCUT2D eigenvalue weighted by Gasteiger charge is -2.36. The average molecular weight is 238 g/mol. The van der Waals surface area contributed by atoms with Crippen molar-refractivity contribution >= 4 is 0 Å². The summed E-state index contributed by atoms with van der Waals surface area (Å²) in [7, 11) is 0. The Bertz CT molecular complexity index is 197. The third-order valence-corrected chi connectivity index (χ3v) is 4.43. The molecular weight excluding hydrogens is 208 g/mol. The molecule has 1 N–H and O–H groups in total. The Kier molecular flexibility index (Phi) is 5.79. The van der Waals surface area contributed by atoms with E-state index < -0.39 is 0 Å². The van der Waals surface area contributed by atoms with E-state index in [0.717, 1.165) is 12.0 Å². The number of nitrogens with zero attached hydrogens (tertiary/aromatic N) is 1. The summed E-state index contributed by atoms with van der Waals surface area (Å²) in [5, 5.41) is 3.56. The van der Waals surface area contributed by atoms with E-state index in [1.165, 1.54) is 77.5 Å². The molecule has 2 aliphatic rings. The van der Waals surface area contributed by atoms with E-state index >= 15 is 0 Å². The van der Waals surface area contributed by atoms with Crippen molar-refractivity contribution in [3.63, 3.8) is 0 Å². The molecule has 0 aromatic carbocycles. The van der Waals surface area contributed by atoms with Gasteiger partial charge in [-0.15, -0.1) is 0 Å². The highest BCUT2D eigenvalue weighted by Gasteiger charge is 2.21. The number of rotatable bonds is 1. The summed E-state index contributed by atoms with van der Waals surface area (Å²) < 4.78 is 0. The molecule has 2 nitrogen and oxygen atoms in total. The van der Waals surface area contributed by atoms with Crippen molar-refractivity contribution < 1.29 is 0 Å². The average Bonchev–Trinajstić information content (AvgIpc) is 2.23. The Morgan fingerprint density at radius 2 is 1.65 bits per heavy atom. The van der Waals surface area contributed by atoms with E-state index in [-0.39, 0.29) is 0 Å². The zero-order chi connectivity index (χ0) is 11.9. The van der Waals surface area contributed by atoms with E-state index in [4.69, 9.17) is 0 Å². The molecule has 2 rings (SSSR count). The van der Waals surface area contributed by atoms with Crippen LogP contribution in [0.4, 0.5) is 0 Å². The summed E-state index contributed by atoms with van der Waals surface area (Å²) in [5.41, 5.74) is 0. The first-order chi connectivity index (χ1) is 8.36. The van der Waals surface area contributed by atoms with Gasteiger partial charge in [0.2, 0.25) is 0 Å². The van der Waals surface area contributed by atoms with Crippen LogP contribution in [0.3, 0.4) is 0 Å². The van der Waals surface area contributed by atoms with Gasteiger partial charge in [0.1, 0.15) is 0 Å². The summed E-state index contributed by atoms with van der Waals surface area (Å²) >= 11 is 0. The summed E-state index contributed by atoms with van der Waals surface area (Å²) in [6.45, 7) is 7.46. The van der Waals surface area contributed by atoms with Crippen molar-refractivity contribution in [2.45, 2.75) is 64.3 Å². The zero-order valence-electron chi connectivity index (χ0n) is 11.6. The maximum absolute atomic E-state index is 3.56. The minimum Gasteiger partial charge on any atom is -0.316 e. The summed E-state index contributed by atoms with van der Waals surface area (Å²) in [5.74, 6) is 0.820. The molecule has 1 saturated heterocycles. The Labute approximate surface area is 107 Å². The van der Waals surface area contributed by atoms with Gasteiger partial charge in [-0.3, -0.25) is 0 Å². The van der Waals surface area contributed by atoms with Gasteiger partial charge in [-0.1, -0.05) is 39.0 Å². The van der Waals surface area contributed by atoms with Crippen molar-refractivity contribution in [1.82, 2.24) is 10.2 Å². The fraction of sp³-hybridized carbons (Fsp3) is 1.00. The smallest absolute Gasteiger partial charge is 0.00953 e. The molecule has 1 aliphatic heterocycles. The highest BCUT2D eigenvalue weighted by atomic mass is 15.2. The first-order valence-electron chi connectivity index (χ1n) is 7.81. The molecule has 17 heavy (non-hydrogen) atoms. The minimum atomic E-state index is 0.820. The summed E-state index contributed by atoms with van der Waals surface area (Å²) in [4.78, 5) is 2.82. The third-order valence-electron chi connectivity index (χ3n) is 4.43. The molecule has 0 amide bonds. The summed E-state index contributed by atoms with van der Waals surface area (Å²) in [6, 6.07) is 0.899. The van der Waals surface area contributed by atoms with Gasteiger partial charge >= 0.3 is 0 Å². The highest BCUT2D eigenvalue weighted by molar-refractivity contribution is 4.78. The molecule has 0 aromatic heterocycles. The van der Waals surface area contributed by atoms with Gasteiger partial charge in [0.05, 0.1) is 0 Å². The van der Waals surface area contributed by atoms with Crippen LogP contribution in [0.1, 0.15) is 58.3 Å². The maximum atomic E-state index is 3.56. The second kappa shape index (κ2) is 7.38. The second-order valence-corrected chi connectivity index (χ2v) is 6.16. The standard InChI is InChI=1S/C15H30N2/c1-14-12-16-10-7-11-17(13-14)15-8-5-3-2-4-6-9-15/h14-16H,2-13H2,1H3. The molecule has 1 saturated carbocycles. The molecule has 1 aliphatic carbocycles. The lowest BCUT2D eigenvalue weighted by molar-refractivity contribution is 0.134. The first kappa shape index (κ1) is 13.4. The van der Waals surface area contributed by atoms with Crippen molar-refractivity contribution in [2.75, 3.05) is 26.2 Å². The Morgan fingerprint density at radius 1 is 0.941 bits per heavy atom. The SMILES string of the molecule is CC1CNCCCN(C2CCCCCCC2)C1. The van der Waals surface area contributed by atoms with Crippen LogP contribution in [-0.2, 0) is 0 Å². The summed E-state index contributed by atoms with van der Waals surface area (Å²) in [6.07, 6.45) is 11.6. The van der Waals surface area contributed by atoms with Gasteiger partial charge in [0.15, 0.2) is 0 Å². The van der Waals surface area contributed by atoms with Crippen molar-refractivity contribution in [3.05, 3.63) is 0 Å². The lowest BCUT2D eigenvalue weighted by atomic mass is 9.94. The van der Waals surface area contributed by atoms with Gasteiger partial charge in [-0.05, 0) is 44.8 Å². The second-order valence-electron chi connectivity index (χ2n) is 6.16. The van der Waals surface area contributed by atoms with Crippen molar-refractivity contribution in [1.29, 1.82) is 0 Å². The van der Waals surface area contributed by atoms with Gasteiger partial charge in [-0.2, -0.15) is 0 Å². The van der Waals surface area contributed by atoms with E-state index in [1.807, 2.05) is 0 Å². The lowest BCUT2D eigenvalue weighted by Crippen LogP contribution is -2.44. The fourth-order valence-electron chi connectivity index (χ4n) is 3.44. The van der Waals surface area contributed by atoms with Crippen LogP contribution >= 0.6 is 0 Å². The van der Waals surface area contributed by atoms with Gasteiger partial charge in [0, 0.05) is 12.6 Å². The molecule has 100 valence electrons. The molecule has 0 bridgehead atoms. The Hall–Kier alpha value is -0.0800. The van der Waals surface area contributed by atoms with Crippen LogP contribution in [0, 0.1) is 5.92 Å². The van der Waals surface area contributed by atoms with Gasteiger partial charge < -0.3 is 10.2 Å². The Balaban J connectivity index is 1.87. The predicted molar refractivity (Wildman–Crippen MR) is 74.3 cm³/mol. The molecular formula is C15H30N2. The number of nitrogens with one attached hydrogen (secondary N) is 1. The first-order valence-corrected chi connectivity index (χ1v) is 7.81. The van der Waals surface area contributed by atoms with E-state index in [2.05, 4.69) is 17.1 Å². The van der Waals surface area contributed by atoms with Gasteiger partial charge in [-0.25, -0.2) is 0 Å². The molecule has 1 unspecified atom stereocenters. The number of hydrogen-bond donors (Lipinski definition) is 1. The topological polar surface area (TPSA) is 15.3 Å². The van der Waals surface area contributed by atoms with Crippen LogP contribution in [0.2, 0.25) is 0 Å². The molecule has 0 radical (unpaired) electrons. The van der Waals surface area contributed by atoms with Crippen LogP contribution in [0.25, 0.3) is 0 Å². The van der Waals surface area contributed by atoms with Gasteiger partial charge in [0.25, 0.3) is 0 Å². The van der Waals surface area contributed by atoms with Crippen LogP contribution in [0.15, 0.2) is 0 Å². The largest absolute Gasteiger partial charge is 0.316 e. The van der Waals surface area contributed by atoms with Crippen LogP contribution in [-0.4, -0.2) is 37.1 Å². The molecule has 1 atom stereocenters. The molecule has 0 spiro atoms. The van der Waals surface area contributed by atoms with E-state index in [0.29, 0.717) is 0 Å². The molecule has 1 heterocycles. The molecule has 2 heteroatoms. The van der Waals surface area contributed by atoms with Crippen LogP contribution in [0.5, 0.6) is 0 Å². The Morgan fingerprint density at radius 3 is 2.41 bits per heavy atom. The van der Waals surface area contributed by atoms with Crippen molar-refractivity contribution in [2.24, 2.45) is 5.92 Å². The predicted octanol–water partition coefficient (Wildman–Crippen LogP) is 3.03. The fourth-order valence-corrected chi connectivity index (χ4v) is 3.44. The monoisotopic (exact) mass is 238 g/mol. The minimum absolute atomic E-state index is 0.820. The maximum Gasteiger partial charge on any atom is 0.00953 e. The number of hydrogen-bond acceptors (Lipinski definition) is 2. The third kappa shape index (κ3) is 4.59. The molecule has 0 aromatic rings. The highest BCUT2D eigenvalue weighted by Crippen LogP contribution is 2.22. The quantitative estimate of drug-likeness (QED) is 0.755.